The minimum absolute atomic E-state index is 0.497. The van der Waals surface area contributed by atoms with Gasteiger partial charge in [0.25, 0.3) is 0 Å². The summed E-state index contributed by atoms with van der Waals surface area (Å²) in [5, 5.41) is 0. The molecule has 0 amide bonds. The Bertz CT molecular complexity index is 464. The molecule has 0 N–H and O–H groups in total. The third-order valence-corrected chi connectivity index (χ3v) is 3.47. The summed E-state index contributed by atoms with van der Waals surface area (Å²) in [5.41, 5.74) is 3.69. The molecule has 0 aliphatic rings. The monoisotopic (exact) mass is 290 g/mol. The SMILES string of the molecule is CCCCCCc1ccc(C=CC(=O)OOC)c(CC)c1. The van der Waals surface area contributed by atoms with Crippen molar-refractivity contribution in [3.05, 3.63) is 41.0 Å². The highest BCUT2D eigenvalue weighted by Crippen LogP contribution is 2.17. The molecular weight excluding hydrogens is 264 g/mol. The molecule has 0 atom stereocenters. The van der Waals surface area contributed by atoms with E-state index in [9.17, 15) is 4.79 Å². The average molecular weight is 290 g/mol. The Morgan fingerprint density at radius 2 is 2.00 bits per heavy atom. The van der Waals surface area contributed by atoms with Gasteiger partial charge in [-0.2, -0.15) is 4.89 Å². The fourth-order valence-electron chi connectivity index (χ4n) is 2.31. The summed E-state index contributed by atoms with van der Waals surface area (Å²) >= 11 is 0. The van der Waals surface area contributed by atoms with Gasteiger partial charge in [-0.3, -0.25) is 4.89 Å². The summed E-state index contributed by atoms with van der Waals surface area (Å²) in [7, 11) is 1.32. The first-order valence-corrected chi connectivity index (χ1v) is 7.75. The average Bonchev–Trinajstić information content (AvgIpc) is 2.50. The zero-order valence-corrected chi connectivity index (χ0v) is 13.4. The molecule has 0 aliphatic carbocycles. The molecule has 0 fully saturated rings. The third kappa shape index (κ3) is 6.58. The molecular formula is C18H26O3. The highest BCUT2D eigenvalue weighted by atomic mass is 17.2. The quantitative estimate of drug-likeness (QED) is 0.291. The van der Waals surface area contributed by atoms with Crippen molar-refractivity contribution >= 4 is 12.0 Å². The summed E-state index contributed by atoms with van der Waals surface area (Å²) in [6.45, 7) is 4.35. The van der Waals surface area contributed by atoms with E-state index in [2.05, 4.69) is 41.8 Å². The minimum Gasteiger partial charge on any atom is -0.294 e. The molecule has 116 valence electrons. The van der Waals surface area contributed by atoms with Crippen molar-refractivity contribution in [3.8, 4) is 0 Å². The fraction of sp³-hybridized carbons (Fsp3) is 0.500. The van der Waals surface area contributed by atoms with Crippen molar-refractivity contribution in [3.63, 3.8) is 0 Å². The normalized spacial score (nSPS) is 11.0. The Balaban J connectivity index is 2.67. The zero-order chi connectivity index (χ0) is 15.5. The summed E-state index contributed by atoms with van der Waals surface area (Å²) in [4.78, 5) is 20.0. The predicted octanol–water partition coefficient (Wildman–Crippen LogP) is 4.49. The van der Waals surface area contributed by atoms with Crippen LogP contribution < -0.4 is 0 Å². The molecule has 1 rings (SSSR count). The van der Waals surface area contributed by atoms with E-state index in [0.717, 1.165) is 18.4 Å². The summed E-state index contributed by atoms with van der Waals surface area (Å²) in [5.74, 6) is -0.497. The number of hydrogen-bond donors (Lipinski definition) is 0. The number of rotatable bonds is 9. The lowest BCUT2D eigenvalue weighted by atomic mass is 9.98. The van der Waals surface area contributed by atoms with Crippen LogP contribution >= 0.6 is 0 Å². The number of aryl methyl sites for hydroxylation is 2. The summed E-state index contributed by atoms with van der Waals surface area (Å²) in [6, 6.07) is 6.46. The molecule has 0 radical (unpaired) electrons. The second-order valence-electron chi connectivity index (χ2n) is 5.10. The van der Waals surface area contributed by atoms with Crippen LogP contribution in [0.2, 0.25) is 0 Å². The van der Waals surface area contributed by atoms with E-state index >= 15 is 0 Å². The van der Waals surface area contributed by atoms with Crippen LogP contribution in [0.15, 0.2) is 24.3 Å². The lowest BCUT2D eigenvalue weighted by molar-refractivity contribution is -0.249. The van der Waals surface area contributed by atoms with Gasteiger partial charge in [-0.05, 0) is 42.0 Å². The Labute approximate surface area is 127 Å². The highest BCUT2D eigenvalue weighted by molar-refractivity contribution is 5.86. The highest BCUT2D eigenvalue weighted by Gasteiger charge is 2.02. The van der Waals surface area contributed by atoms with Gasteiger partial charge < -0.3 is 0 Å². The number of carbonyl (C=O) groups excluding carboxylic acids is 1. The molecule has 21 heavy (non-hydrogen) atoms. The molecule has 0 heterocycles. The topological polar surface area (TPSA) is 35.5 Å². The van der Waals surface area contributed by atoms with Crippen molar-refractivity contribution in [2.45, 2.75) is 52.4 Å². The smallest absolute Gasteiger partial charge is 0.294 e. The standard InChI is InChI=1S/C18H26O3/c1-4-6-7-8-9-15-10-11-17(16(5-2)14-15)12-13-18(19)21-20-3/h10-14H,4-9H2,1-3H3. The van der Waals surface area contributed by atoms with Gasteiger partial charge in [0.15, 0.2) is 0 Å². The van der Waals surface area contributed by atoms with Gasteiger partial charge in [-0.25, -0.2) is 4.79 Å². The van der Waals surface area contributed by atoms with Crippen LogP contribution in [-0.2, 0) is 27.4 Å². The fourth-order valence-corrected chi connectivity index (χ4v) is 2.31. The second-order valence-corrected chi connectivity index (χ2v) is 5.10. The lowest BCUT2D eigenvalue weighted by Gasteiger charge is -2.08. The molecule has 0 unspecified atom stereocenters. The molecule has 0 saturated carbocycles. The van der Waals surface area contributed by atoms with Gasteiger partial charge in [-0.1, -0.05) is 51.3 Å². The van der Waals surface area contributed by atoms with E-state index < -0.39 is 5.97 Å². The van der Waals surface area contributed by atoms with E-state index in [1.807, 2.05) is 0 Å². The molecule has 1 aromatic rings. The Morgan fingerprint density at radius 1 is 1.19 bits per heavy atom. The van der Waals surface area contributed by atoms with Crippen molar-refractivity contribution in [2.75, 3.05) is 7.11 Å². The maximum Gasteiger partial charge on any atom is 0.365 e. The van der Waals surface area contributed by atoms with Crippen LogP contribution in [0.1, 0.15) is 56.2 Å². The Kier molecular flexibility index (Phi) is 8.44. The molecule has 0 aromatic heterocycles. The first kappa shape index (κ1) is 17.4. The third-order valence-electron chi connectivity index (χ3n) is 3.47. The van der Waals surface area contributed by atoms with Crippen LogP contribution in [0.4, 0.5) is 0 Å². The van der Waals surface area contributed by atoms with E-state index in [0.29, 0.717) is 0 Å². The van der Waals surface area contributed by atoms with Crippen LogP contribution in [0.3, 0.4) is 0 Å². The number of hydrogen-bond acceptors (Lipinski definition) is 3. The molecule has 3 heteroatoms. The second kappa shape index (κ2) is 10.2. The minimum atomic E-state index is -0.497. The molecule has 3 nitrogen and oxygen atoms in total. The van der Waals surface area contributed by atoms with Crippen LogP contribution in [-0.4, -0.2) is 13.1 Å². The van der Waals surface area contributed by atoms with Crippen molar-refractivity contribution in [1.29, 1.82) is 0 Å². The maximum atomic E-state index is 11.3. The predicted molar refractivity (Wildman–Crippen MR) is 85.8 cm³/mol. The Hall–Kier alpha value is -1.61. The Morgan fingerprint density at radius 3 is 2.67 bits per heavy atom. The van der Waals surface area contributed by atoms with Gasteiger partial charge in [0.05, 0.1) is 7.11 Å². The number of carbonyl (C=O) groups is 1. The van der Waals surface area contributed by atoms with Gasteiger partial charge in [0.2, 0.25) is 0 Å². The summed E-state index contributed by atoms with van der Waals surface area (Å²) in [6.07, 6.45) is 10.4. The molecule has 0 bridgehead atoms. The molecule has 0 aliphatic heterocycles. The van der Waals surface area contributed by atoms with Crippen molar-refractivity contribution < 1.29 is 14.6 Å². The van der Waals surface area contributed by atoms with E-state index in [-0.39, 0.29) is 0 Å². The van der Waals surface area contributed by atoms with Crippen molar-refractivity contribution in [1.82, 2.24) is 0 Å². The summed E-state index contributed by atoms with van der Waals surface area (Å²) < 4.78 is 0. The van der Waals surface area contributed by atoms with Gasteiger partial charge in [0, 0.05) is 6.08 Å². The van der Waals surface area contributed by atoms with Crippen LogP contribution in [0.25, 0.3) is 6.08 Å². The largest absolute Gasteiger partial charge is 0.365 e. The van der Waals surface area contributed by atoms with Crippen LogP contribution in [0, 0.1) is 0 Å². The first-order valence-electron chi connectivity index (χ1n) is 7.75. The van der Waals surface area contributed by atoms with Gasteiger partial charge >= 0.3 is 5.97 Å². The lowest BCUT2D eigenvalue weighted by Crippen LogP contribution is -1.98. The van der Waals surface area contributed by atoms with Crippen molar-refractivity contribution in [2.24, 2.45) is 0 Å². The van der Waals surface area contributed by atoms with E-state index in [1.54, 1.807) is 6.08 Å². The zero-order valence-electron chi connectivity index (χ0n) is 13.4. The van der Waals surface area contributed by atoms with Crippen LogP contribution in [0.5, 0.6) is 0 Å². The first-order chi connectivity index (χ1) is 10.2. The van der Waals surface area contributed by atoms with E-state index in [1.165, 1.54) is 50.0 Å². The van der Waals surface area contributed by atoms with Gasteiger partial charge in [-0.15, -0.1) is 0 Å². The molecule has 1 aromatic carbocycles. The molecule has 0 saturated heterocycles. The number of unbranched alkanes of at least 4 members (excludes halogenated alkanes) is 3. The maximum absolute atomic E-state index is 11.3. The van der Waals surface area contributed by atoms with Gasteiger partial charge in [0.1, 0.15) is 0 Å². The molecule has 0 spiro atoms. The van der Waals surface area contributed by atoms with E-state index in [4.69, 9.17) is 0 Å². The number of benzene rings is 1.